The number of carboxylic acid groups (broad SMARTS) is 1. The molecule has 2 aromatic carbocycles. The summed E-state index contributed by atoms with van der Waals surface area (Å²) < 4.78 is 10.9. The minimum atomic E-state index is -1.61. The van der Waals surface area contributed by atoms with Crippen LogP contribution in [0.25, 0.3) is 0 Å². The molecule has 1 saturated heterocycles. The first-order valence-corrected chi connectivity index (χ1v) is 8.58. The molecular weight excluding hydrogens is 372 g/mol. The number of carbonyl (C=O) groups excluding carboxylic acids is 3. The van der Waals surface area contributed by atoms with Crippen molar-refractivity contribution in [2.45, 2.75) is 30.9 Å². The topological polar surface area (TPSA) is 92.7 Å². The van der Waals surface area contributed by atoms with Gasteiger partial charge in [0.2, 0.25) is 0 Å². The first-order valence-electron chi connectivity index (χ1n) is 8.20. The number of alkyl halides is 1. The minimum Gasteiger partial charge on any atom is -0.545 e. The molecule has 27 heavy (non-hydrogen) atoms. The van der Waals surface area contributed by atoms with Crippen LogP contribution in [0.5, 0.6) is 0 Å². The maximum absolute atomic E-state index is 12.5. The summed E-state index contributed by atoms with van der Waals surface area (Å²) in [6.45, 7) is 2.96. The van der Waals surface area contributed by atoms with Gasteiger partial charge in [-0.05, 0) is 37.1 Å². The Morgan fingerprint density at radius 2 is 1.81 bits per heavy atom. The number of rotatable bonds is 4. The molecule has 6 nitrogen and oxygen atoms in total. The van der Waals surface area contributed by atoms with Gasteiger partial charge in [-0.15, -0.1) is 11.6 Å². The molecule has 1 fully saturated rings. The van der Waals surface area contributed by atoms with Crippen LogP contribution in [0.2, 0.25) is 0 Å². The second-order valence-corrected chi connectivity index (χ2v) is 7.19. The highest BCUT2D eigenvalue weighted by Gasteiger charge is 2.56. The van der Waals surface area contributed by atoms with Gasteiger partial charge in [-0.3, -0.25) is 0 Å². The van der Waals surface area contributed by atoms with Gasteiger partial charge in [-0.2, -0.15) is 0 Å². The van der Waals surface area contributed by atoms with Crippen molar-refractivity contribution >= 4 is 29.5 Å². The van der Waals surface area contributed by atoms with Crippen molar-refractivity contribution in [1.82, 2.24) is 0 Å². The number of aromatic carboxylic acids is 1. The van der Waals surface area contributed by atoms with Crippen LogP contribution in [0, 0.1) is 6.92 Å². The standard InChI is InChI=1S/C20H17ClO6/c1-11-13(9-6-10-14(11)17(22)23)15-16(20(2,21)19(25)26-15)27-18(24)12-7-4-3-5-8-12/h3-10,15-16H,1-2H3,(H,22,23)/p-1/t15-,16-,20-/m1/s1. The van der Waals surface area contributed by atoms with Gasteiger partial charge in [0.05, 0.1) is 11.5 Å². The zero-order valence-electron chi connectivity index (χ0n) is 14.6. The van der Waals surface area contributed by atoms with Crippen molar-refractivity contribution in [2.24, 2.45) is 0 Å². The molecule has 0 bridgehead atoms. The monoisotopic (exact) mass is 387 g/mol. The second kappa shape index (κ2) is 7.04. The number of cyclic esters (lactones) is 1. The van der Waals surface area contributed by atoms with E-state index in [4.69, 9.17) is 21.1 Å². The van der Waals surface area contributed by atoms with Crippen molar-refractivity contribution in [2.75, 3.05) is 0 Å². The third-order valence-electron chi connectivity index (χ3n) is 4.59. The lowest BCUT2D eigenvalue weighted by molar-refractivity contribution is -0.255. The number of carboxylic acids is 1. The summed E-state index contributed by atoms with van der Waals surface area (Å²) in [6.07, 6.45) is -2.18. The van der Waals surface area contributed by atoms with E-state index in [-0.39, 0.29) is 5.56 Å². The number of carbonyl (C=O) groups is 3. The molecule has 1 aliphatic rings. The Bertz CT molecular complexity index is 906. The largest absolute Gasteiger partial charge is 0.545 e. The number of halogens is 1. The van der Waals surface area contributed by atoms with Gasteiger partial charge in [-0.1, -0.05) is 36.4 Å². The van der Waals surface area contributed by atoms with Crippen molar-refractivity contribution in [3.05, 3.63) is 70.8 Å². The van der Waals surface area contributed by atoms with Gasteiger partial charge in [0.1, 0.15) is 0 Å². The Morgan fingerprint density at radius 1 is 1.15 bits per heavy atom. The van der Waals surface area contributed by atoms with Gasteiger partial charge < -0.3 is 19.4 Å². The van der Waals surface area contributed by atoms with Crippen molar-refractivity contribution in [3.8, 4) is 0 Å². The van der Waals surface area contributed by atoms with Crippen LogP contribution < -0.4 is 5.11 Å². The third-order valence-corrected chi connectivity index (χ3v) is 4.96. The molecule has 0 amide bonds. The first kappa shape index (κ1) is 18.9. The summed E-state index contributed by atoms with van der Waals surface area (Å²) in [5.41, 5.74) is 0.994. The van der Waals surface area contributed by atoms with Gasteiger partial charge >= 0.3 is 11.9 Å². The molecule has 1 heterocycles. The normalized spacial score (nSPS) is 24.3. The van der Waals surface area contributed by atoms with E-state index in [0.29, 0.717) is 16.7 Å². The van der Waals surface area contributed by atoms with E-state index in [1.54, 1.807) is 43.3 Å². The van der Waals surface area contributed by atoms with Crippen LogP contribution >= 0.6 is 11.6 Å². The Balaban J connectivity index is 1.99. The lowest BCUT2D eigenvalue weighted by Gasteiger charge is -2.25. The van der Waals surface area contributed by atoms with Crippen LogP contribution in [0.3, 0.4) is 0 Å². The van der Waals surface area contributed by atoms with E-state index in [0.717, 1.165) is 0 Å². The maximum Gasteiger partial charge on any atom is 0.338 e. The summed E-state index contributed by atoms with van der Waals surface area (Å²) >= 11 is 6.33. The van der Waals surface area contributed by atoms with Gasteiger partial charge in [0, 0.05) is 5.56 Å². The molecule has 140 valence electrons. The highest BCUT2D eigenvalue weighted by atomic mass is 35.5. The number of esters is 2. The molecule has 2 aromatic rings. The molecule has 7 heteroatoms. The Hall–Kier alpha value is -2.86. The predicted octanol–water partition coefficient (Wildman–Crippen LogP) is 2.18. The van der Waals surface area contributed by atoms with E-state index in [9.17, 15) is 19.5 Å². The molecule has 1 aliphatic heterocycles. The van der Waals surface area contributed by atoms with E-state index >= 15 is 0 Å². The molecule has 0 unspecified atom stereocenters. The average molecular weight is 388 g/mol. The van der Waals surface area contributed by atoms with E-state index in [1.165, 1.54) is 19.1 Å². The van der Waals surface area contributed by atoms with Crippen molar-refractivity contribution in [1.29, 1.82) is 0 Å². The summed E-state index contributed by atoms with van der Waals surface area (Å²) in [5, 5.41) is 11.3. The number of ether oxygens (including phenoxy) is 2. The fraction of sp³-hybridized carbons (Fsp3) is 0.250. The number of hydrogen-bond donors (Lipinski definition) is 0. The molecule has 0 radical (unpaired) electrons. The fourth-order valence-electron chi connectivity index (χ4n) is 3.03. The van der Waals surface area contributed by atoms with Gasteiger partial charge in [0.25, 0.3) is 0 Å². The first-order chi connectivity index (χ1) is 12.7. The number of benzene rings is 2. The molecule has 0 aliphatic carbocycles. The highest BCUT2D eigenvalue weighted by molar-refractivity contribution is 6.35. The second-order valence-electron chi connectivity index (χ2n) is 6.40. The van der Waals surface area contributed by atoms with E-state index < -0.39 is 35.0 Å². The molecule has 0 spiro atoms. The van der Waals surface area contributed by atoms with Crippen LogP contribution in [-0.4, -0.2) is 28.9 Å². The lowest BCUT2D eigenvalue weighted by Crippen LogP contribution is -2.39. The van der Waals surface area contributed by atoms with Crippen molar-refractivity contribution in [3.63, 3.8) is 0 Å². The molecule has 0 aromatic heterocycles. The number of hydrogen-bond acceptors (Lipinski definition) is 6. The summed E-state index contributed by atoms with van der Waals surface area (Å²) in [5.74, 6) is -2.77. The van der Waals surface area contributed by atoms with E-state index in [2.05, 4.69) is 0 Å². The molecule has 3 rings (SSSR count). The van der Waals surface area contributed by atoms with Crippen LogP contribution in [0.4, 0.5) is 0 Å². The summed E-state index contributed by atoms with van der Waals surface area (Å²) in [6, 6.07) is 12.7. The quantitative estimate of drug-likeness (QED) is 0.589. The molecule has 0 N–H and O–H groups in total. The smallest absolute Gasteiger partial charge is 0.338 e. The van der Waals surface area contributed by atoms with Crippen LogP contribution in [0.1, 0.15) is 44.9 Å². The van der Waals surface area contributed by atoms with Crippen molar-refractivity contribution < 1.29 is 29.0 Å². The van der Waals surface area contributed by atoms with Crippen LogP contribution in [0.15, 0.2) is 48.5 Å². The highest BCUT2D eigenvalue weighted by Crippen LogP contribution is 2.44. The van der Waals surface area contributed by atoms with Gasteiger partial charge in [-0.25, -0.2) is 9.59 Å². The average Bonchev–Trinajstić information content (AvgIpc) is 2.85. The summed E-state index contributed by atoms with van der Waals surface area (Å²) in [4.78, 5) is 34.4. The summed E-state index contributed by atoms with van der Waals surface area (Å²) in [7, 11) is 0. The zero-order valence-corrected chi connectivity index (χ0v) is 15.4. The minimum absolute atomic E-state index is 0.0418. The van der Waals surface area contributed by atoms with E-state index in [1.807, 2.05) is 0 Å². The predicted molar refractivity (Wildman–Crippen MR) is 94.2 cm³/mol. The Kier molecular flexibility index (Phi) is 4.93. The lowest BCUT2D eigenvalue weighted by atomic mass is 9.92. The fourth-order valence-corrected chi connectivity index (χ4v) is 3.24. The Labute approximate surface area is 160 Å². The Morgan fingerprint density at radius 3 is 2.44 bits per heavy atom. The van der Waals surface area contributed by atoms with Crippen LogP contribution in [-0.2, 0) is 14.3 Å². The van der Waals surface area contributed by atoms with Gasteiger partial charge in [0.15, 0.2) is 17.1 Å². The molecule has 3 atom stereocenters. The SMILES string of the molecule is Cc1c(C(=O)[O-])cccc1[C@H]1OC(=O)[C@](C)(Cl)[C@@H]1OC(=O)c1ccccc1. The third kappa shape index (κ3) is 3.40. The molecule has 0 saturated carbocycles. The maximum atomic E-state index is 12.5. The zero-order chi connectivity index (χ0) is 19.8. The molecular formula is C20H16ClO6-.